The Morgan fingerprint density at radius 1 is 1.50 bits per heavy atom. The van der Waals surface area contributed by atoms with Gasteiger partial charge in [-0.25, -0.2) is 0 Å². The van der Waals surface area contributed by atoms with Crippen molar-refractivity contribution in [2.75, 3.05) is 12.0 Å². The largest absolute Gasteiger partial charge is 0.389 e. The number of rotatable bonds is 5. The van der Waals surface area contributed by atoms with Crippen LogP contribution in [0.5, 0.6) is 0 Å². The molecule has 3 N–H and O–H groups in total. The fourth-order valence-corrected chi connectivity index (χ4v) is 2.43. The highest BCUT2D eigenvalue weighted by molar-refractivity contribution is 7.84. The van der Waals surface area contributed by atoms with Crippen molar-refractivity contribution in [3.8, 4) is 0 Å². The molecule has 0 radical (unpaired) electrons. The molecule has 1 aromatic carbocycles. The monoisotopic (exact) mass is 284 g/mol. The normalized spacial score (nSPS) is 13.7. The first-order valence-electron chi connectivity index (χ1n) is 5.41. The smallest absolute Gasteiger partial charge is 0.251 e. The summed E-state index contributed by atoms with van der Waals surface area (Å²) in [5, 5.41) is 2.78. The fourth-order valence-electron chi connectivity index (χ4n) is 1.51. The van der Waals surface area contributed by atoms with Crippen LogP contribution in [0.15, 0.2) is 24.3 Å². The third-order valence-corrected chi connectivity index (χ3v) is 3.48. The predicted molar refractivity (Wildman–Crippen MR) is 78.2 cm³/mol. The lowest BCUT2D eigenvalue weighted by Gasteiger charge is -2.12. The van der Waals surface area contributed by atoms with Gasteiger partial charge in [0.15, 0.2) is 0 Å². The lowest BCUT2D eigenvalue weighted by molar-refractivity contribution is 0.0943. The van der Waals surface area contributed by atoms with Crippen LogP contribution in [-0.4, -0.2) is 33.2 Å². The fraction of sp³-hybridized carbons (Fsp3) is 0.333. The molecule has 18 heavy (non-hydrogen) atoms. The average molecular weight is 284 g/mol. The molecule has 0 bridgehead atoms. The van der Waals surface area contributed by atoms with Crippen molar-refractivity contribution >= 4 is 33.9 Å². The second-order valence-electron chi connectivity index (χ2n) is 4.06. The number of nitrogens with one attached hydrogen (secondary N) is 1. The summed E-state index contributed by atoms with van der Waals surface area (Å²) in [5.41, 5.74) is 6.66. The van der Waals surface area contributed by atoms with Crippen molar-refractivity contribution in [2.24, 2.45) is 5.73 Å². The summed E-state index contributed by atoms with van der Waals surface area (Å²) in [6.45, 7) is 1.82. The number of hydrogen-bond donors (Lipinski definition) is 2. The molecule has 0 aliphatic carbocycles. The molecule has 0 saturated heterocycles. The van der Waals surface area contributed by atoms with Gasteiger partial charge in [-0.3, -0.25) is 9.00 Å². The molecule has 2 atom stereocenters. The van der Waals surface area contributed by atoms with Gasteiger partial charge in [-0.1, -0.05) is 24.4 Å². The van der Waals surface area contributed by atoms with E-state index in [0.29, 0.717) is 16.9 Å². The van der Waals surface area contributed by atoms with Crippen LogP contribution in [-0.2, 0) is 10.8 Å². The molecular formula is C12H16N2O2S2. The Hall–Kier alpha value is -1.27. The Morgan fingerprint density at radius 3 is 2.67 bits per heavy atom. The minimum atomic E-state index is -0.936. The van der Waals surface area contributed by atoms with Crippen molar-refractivity contribution < 1.29 is 9.00 Å². The van der Waals surface area contributed by atoms with E-state index < -0.39 is 10.8 Å². The van der Waals surface area contributed by atoms with Crippen LogP contribution in [0.2, 0.25) is 0 Å². The van der Waals surface area contributed by atoms with Crippen LogP contribution in [0.3, 0.4) is 0 Å². The minimum Gasteiger partial charge on any atom is -0.389 e. The van der Waals surface area contributed by atoms with E-state index in [9.17, 15) is 9.00 Å². The SMILES string of the molecule is CC(CS(C)=O)NC(=O)c1cccc(C(N)=S)c1. The second-order valence-corrected chi connectivity index (χ2v) is 5.98. The second kappa shape index (κ2) is 6.61. The van der Waals surface area contributed by atoms with E-state index in [-0.39, 0.29) is 16.9 Å². The van der Waals surface area contributed by atoms with Gasteiger partial charge in [0, 0.05) is 40.0 Å². The minimum absolute atomic E-state index is 0.142. The van der Waals surface area contributed by atoms with Crippen LogP contribution >= 0.6 is 12.2 Å². The average Bonchev–Trinajstić information content (AvgIpc) is 2.27. The summed E-state index contributed by atoms with van der Waals surface area (Å²) >= 11 is 4.86. The standard InChI is InChI=1S/C12H16N2O2S2/c1-8(7-18(2)16)14-12(15)10-5-3-4-9(6-10)11(13)17/h3-6,8H,7H2,1-2H3,(H2,13,17)(H,14,15). The summed E-state index contributed by atoms with van der Waals surface area (Å²) in [6.07, 6.45) is 1.61. The summed E-state index contributed by atoms with van der Waals surface area (Å²) in [4.78, 5) is 12.2. The Kier molecular flexibility index (Phi) is 5.43. The number of hydrogen-bond acceptors (Lipinski definition) is 3. The lowest BCUT2D eigenvalue weighted by Crippen LogP contribution is -2.36. The Bertz CT molecular complexity index is 489. The van der Waals surface area contributed by atoms with Gasteiger partial charge < -0.3 is 11.1 Å². The zero-order chi connectivity index (χ0) is 13.7. The molecule has 0 aliphatic rings. The van der Waals surface area contributed by atoms with Crippen molar-refractivity contribution in [1.82, 2.24) is 5.32 Å². The summed E-state index contributed by atoms with van der Waals surface area (Å²) in [6, 6.07) is 6.67. The van der Waals surface area contributed by atoms with Crippen LogP contribution in [0.4, 0.5) is 0 Å². The molecule has 0 aromatic heterocycles. The van der Waals surface area contributed by atoms with Gasteiger partial charge in [0.1, 0.15) is 4.99 Å². The van der Waals surface area contributed by atoms with Gasteiger partial charge in [-0.05, 0) is 19.1 Å². The van der Waals surface area contributed by atoms with Crippen molar-refractivity contribution in [3.05, 3.63) is 35.4 Å². The first kappa shape index (κ1) is 14.8. The number of nitrogens with two attached hydrogens (primary N) is 1. The molecule has 1 amide bonds. The molecule has 0 aliphatic heterocycles. The molecule has 4 nitrogen and oxygen atoms in total. The molecule has 1 rings (SSSR count). The molecule has 0 fully saturated rings. The van der Waals surface area contributed by atoms with Crippen LogP contribution < -0.4 is 11.1 Å². The van der Waals surface area contributed by atoms with Crippen LogP contribution in [0.25, 0.3) is 0 Å². The third kappa shape index (κ3) is 4.54. The zero-order valence-electron chi connectivity index (χ0n) is 10.3. The Morgan fingerprint density at radius 2 is 2.11 bits per heavy atom. The van der Waals surface area contributed by atoms with Crippen molar-refractivity contribution in [1.29, 1.82) is 0 Å². The molecule has 2 unspecified atom stereocenters. The molecule has 6 heteroatoms. The Balaban J connectivity index is 2.75. The zero-order valence-corrected chi connectivity index (χ0v) is 11.9. The number of amides is 1. The van der Waals surface area contributed by atoms with Crippen LogP contribution in [0.1, 0.15) is 22.8 Å². The van der Waals surface area contributed by atoms with E-state index in [1.54, 1.807) is 30.5 Å². The van der Waals surface area contributed by atoms with E-state index in [1.807, 2.05) is 6.92 Å². The predicted octanol–water partition coefficient (Wildman–Crippen LogP) is 0.818. The van der Waals surface area contributed by atoms with E-state index in [4.69, 9.17) is 18.0 Å². The van der Waals surface area contributed by atoms with Crippen LogP contribution in [0, 0.1) is 0 Å². The highest BCUT2D eigenvalue weighted by Crippen LogP contribution is 2.05. The quantitative estimate of drug-likeness (QED) is 0.785. The molecular weight excluding hydrogens is 268 g/mol. The highest BCUT2D eigenvalue weighted by atomic mass is 32.2. The van der Waals surface area contributed by atoms with Gasteiger partial charge in [-0.15, -0.1) is 0 Å². The number of carbonyl (C=O) groups excluding carboxylic acids is 1. The van der Waals surface area contributed by atoms with Crippen molar-refractivity contribution in [3.63, 3.8) is 0 Å². The van der Waals surface area contributed by atoms with Gasteiger partial charge >= 0.3 is 0 Å². The summed E-state index contributed by atoms with van der Waals surface area (Å²) in [5.74, 6) is 0.215. The first-order valence-corrected chi connectivity index (χ1v) is 7.54. The van der Waals surface area contributed by atoms with E-state index in [1.165, 1.54) is 0 Å². The summed E-state index contributed by atoms with van der Waals surface area (Å²) in [7, 11) is -0.936. The third-order valence-electron chi connectivity index (χ3n) is 2.27. The van der Waals surface area contributed by atoms with E-state index in [2.05, 4.69) is 5.32 Å². The van der Waals surface area contributed by atoms with E-state index >= 15 is 0 Å². The van der Waals surface area contributed by atoms with Gasteiger partial charge in [0.05, 0.1) is 0 Å². The molecule has 0 saturated carbocycles. The van der Waals surface area contributed by atoms with E-state index in [0.717, 1.165) is 0 Å². The maximum atomic E-state index is 11.9. The molecule has 98 valence electrons. The number of benzene rings is 1. The first-order chi connectivity index (χ1) is 8.40. The Labute approximate surface area is 114 Å². The number of thiocarbonyl (C=S) groups is 1. The van der Waals surface area contributed by atoms with Gasteiger partial charge in [0.2, 0.25) is 0 Å². The van der Waals surface area contributed by atoms with Gasteiger partial charge in [0.25, 0.3) is 5.91 Å². The molecule has 1 aromatic rings. The molecule has 0 heterocycles. The van der Waals surface area contributed by atoms with Crippen molar-refractivity contribution in [2.45, 2.75) is 13.0 Å². The number of carbonyl (C=O) groups is 1. The maximum absolute atomic E-state index is 11.9. The highest BCUT2D eigenvalue weighted by Gasteiger charge is 2.11. The topological polar surface area (TPSA) is 72.2 Å². The lowest BCUT2D eigenvalue weighted by atomic mass is 10.1. The summed E-state index contributed by atoms with van der Waals surface area (Å²) < 4.78 is 11.0. The maximum Gasteiger partial charge on any atom is 0.251 e. The molecule has 0 spiro atoms. The van der Waals surface area contributed by atoms with Gasteiger partial charge in [-0.2, -0.15) is 0 Å².